The van der Waals surface area contributed by atoms with Crippen molar-refractivity contribution in [2.75, 3.05) is 0 Å². The Hall–Kier alpha value is -1.08. The van der Waals surface area contributed by atoms with E-state index in [1.54, 1.807) is 0 Å². The monoisotopic (exact) mass is 174 g/mol. The Balaban J connectivity index is 1.78. The largest absolute Gasteiger partial charge is 0.365 e. The van der Waals surface area contributed by atoms with Crippen LogP contribution in [0.5, 0.6) is 0 Å². The molecule has 1 aromatic carbocycles. The third-order valence-electron chi connectivity index (χ3n) is 2.41. The summed E-state index contributed by atoms with van der Waals surface area (Å²) in [6, 6.07) is 10.5. The van der Waals surface area contributed by atoms with E-state index in [1.807, 2.05) is 12.1 Å². The summed E-state index contributed by atoms with van der Waals surface area (Å²) in [7, 11) is 0. The van der Waals surface area contributed by atoms with Crippen LogP contribution in [0.2, 0.25) is 0 Å². The number of rotatable bonds is 4. The maximum Gasteiger partial charge on any atom is 0.102 e. The number of aryl methyl sites for hydroxylation is 1. The molecule has 0 radical (unpaired) electrons. The van der Waals surface area contributed by atoms with E-state index in [4.69, 9.17) is 4.74 Å². The highest BCUT2D eigenvalue weighted by Gasteiger charge is 2.34. The molecule has 0 saturated carbocycles. The van der Waals surface area contributed by atoms with Gasteiger partial charge in [-0.25, -0.2) is 0 Å². The van der Waals surface area contributed by atoms with Crippen molar-refractivity contribution < 1.29 is 4.74 Å². The Morgan fingerprint density at radius 2 is 2.08 bits per heavy atom. The second kappa shape index (κ2) is 3.75. The van der Waals surface area contributed by atoms with Crippen LogP contribution in [0.15, 0.2) is 43.0 Å². The Morgan fingerprint density at radius 3 is 2.69 bits per heavy atom. The summed E-state index contributed by atoms with van der Waals surface area (Å²) in [5.74, 6) is 0. The predicted molar refractivity (Wildman–Crippen MR) is 53.6 cm³/mol. The summed E-state index contributed by atoms with van der Waals surface area (Å²) in [5.41, 5.74) is 1.39. The molecule has 1 aliphatic heterocycles. The first-order valence-electron chi connectivity index (χ1n) is 4.72. The molecule has 0 aromatic heterocycles. The molecule has 1 heteroatoms. The average molecular weight is 174 g/mol. The second-order valence-electron chi connectivity index (χ2n) is 3.40. The first-order valence-corrected chi connectivity index (χ1v) is 4.72. The van der Waals surface area contributed by atoms with E-state index in [2.05, 4.69) is 30.8 Å². The quantitative estimate of drug-likeness (QED) is 0.505. The molecule has 1 heterocycles. The van der Waals surface area contributed by atoms with Gasteiger partial charge in [-0.2, -0.15) is 0 Å². The normalized spacial score (nSPS) is 25.5. The van der Waals surface area contributed by atoms with Crippen LogP contribution < -0.4 is 0 Å². The van der Waals surface area contributed by atoms with E-state index >= 15 is 0 Å². The lowest BCUT2D eigenvalue weighted by atomic mass is 10.1. The van der Waals surface area contributed by atoms with Crippen molar-refractivity contribution in [2.45, 2.75) is 25.0 Å². The van der Waals surface area contributed by atoms with Crippen LogP contribution in [0.1, 0.15) is 12.0 Å². The highest BCUT2D eigenvalue weighted by Crippen LogP contribution is 2.27. The molecule has 0 N–H and O–H groups in total. The molecule has 2 atom stereocenters. The van der Waals surface area contributed by atoms with Crippen molar-refractivity contribution in [3.8, 4) is 0 Å². The van der Waals surface area contributed by atoms with Crippen LogP contribution in [-0.2, 0) is 11.2 Å². The summed E-state index contributed by atoms with van der Waals surface area (Å²) in [4.78, 5) is 0. The first kappa shape index (κ1) is 8.52. The van der Waals surface area contributed by atoms with Crippen LogP contribution in [0.3, 0.4) is 0 Å². The highest BCUT2D eigenvalue weighted by molar-refractivity contribution is 5.15. The molecule has 0 bridgehead atoms. The van der Waals surface area contributed by atoms with Gasteiger partial charge in [0, 0.05) is 0 Å². The predicted octanol–water partition coefficient (Wildman–Crippen LogP) is 2.57. The number of benzene rings is 1. The molecule has 0 unspecified atom stereocenters. The van der Waals surface area contributed by atoms with Crippen LogP contribution in [0, 0.1) is 0 Å². The summed E-state index contributed by atoms with van der Waals surface area (Å²) < 4.78 is 5.37. The van der Waals surface area contributed by atoms with E-state index < -0.39 is 0 Å². The Morgan fingerprint density at radius 1 is 1.31 bits per heavy atom. The summed E-state index contributed by atoms with van der Waals surface area (Å²) >= 11 is 0. The molecule has 2 rings (SSSR count). The molecule has 0 amide bonds. The molecule has 1 nitrogen and oxygen atoms in total. The average Bonchev–Trinajstić information content (AvgIpc) is 2.95. The third kappa shape index (κ3) is 2.19. The van der Waals surface area contributed by atoms with Gasteiger partial charge < -0.3 is 4.74 Å². The van der Waals surface area contributed by atoms with Crippen LogP contribution in [0.25, 0.3) is 0 Å². The maximum atomic E-state index is 5.37. The third-order valence-corrected chi connectivity index (χ3v) is 2.41. The number of ether oxygens (including phenoxy) is 1. The lowest BCUT2D eigenvalue weighted by molar-refractivity contribution is 0.379. The second-order valence-corrected chi connectivity index (χ2v) is 3.40. The smallest absolute Gasteiger partial charge is 0.102 e. The van der Waals surface area contributed by atoms with Crippen molar-refractivity contribution in [2.24, 2.45) is 0 Å². The lowest BCUT2D eigenvalue weighted by Crippen LogP contribution is -1.93. The van der Waals surface area contributed by atoms with Gasteiger partial charge in [0.15, 0.2) is 0 Å². The Kier molecular flexibility index (Phi) is 2.46. The fourth-order valence-corrected chi connectivity index (χ4v) is 1.55. The van der Waals surface area contributed by atoms with Gasteiger partial charge in [0.1, 0.15) is 6.10 Å². The van der Waals surface area contributed by atoms with Crippen molar-refractivity contribution in [3.63, 3.8) is 0 Å². The van der Waals surface area contributed by atoms with E-state index in [-0.39, 0.29) is 0 Å². The molecule has 0 aliphatic carbocycles. The summed E-state index contributed by atoms with van der Waals surface area (Å²) in [6.45, 7) is 3.70. The van der Waals surface area contributed by atoms with Gasteiger partial charge in [-0.15, -0.1) is 6.58 Å². The molecule has 13 heavy (non-hydrogen) atoms. The fourth-order valence-electron chi connectivity index (χ4n) is 1.55. The maximum absolute atomic E-state index is 5.37. The standard InChI is InChI=1S/C12H14O/c1-2-11-12(13-11)9-8-10-6-4-3-5-7-10/h2-7,11-12H,1,8-9H2/t11-,12+/m1/s1. The molecule has 1 fully saturated rings. The zero-order valence-electron chi connectivity index (χ0n) is 7.65. The van der Waals surface area contributed by atoms with Gasteiger partial charge in [-0.3, -0.25) is 0 Å². The van der Waals surface area contributed by atoms with Gasteiger partial charge in [-0.05, 0) is 18.4 Å². The van der Waals surface area contributed by atoms with E-state index in [0.717, 1.165) is 12.8 Å². The Bertz CT molecular complexity index is 278. The molecule has 68 valence electrons. The van der Waals surface area contributed by atoms with Gasteiger partial charge in [0.05, 0.1) is 6.10 Å². The minimum Gasteiger partial charge on any atom is -0.365 e. The van der Waals surface area contributed by atoms with Crippen molar-refractivity contribution in [3.05, 3.63) is 48.6 Å². The highest BCUT2D eigenvalue weighted by atomic mass is 16.6. The molecular formula is C12H14O. The van der Waals surface area contributed by atoms with Gasteiger partial charge >= 0.3 is 0 Å². The van der Waals surface area contributed by atoms with E-state index in [1.165, 1.54) is 5.56 Å². The van der Waals surface area contributed by atoms with E-state index in [0.29, 0.717) is 12.2 Å². The minimum absolute atomic E-state index is 0.323. The first-order chi connectivity index (χ1) is 6.40. The summed E-state index contributed by atoms with van der Waals surface area (Å²) in [5, 5.41) is 0. The zero-order chi connectivity index (χ0) is 9.10. The minimum atomic E-state index is 0.323. The number of epoxide rings is 1. The van der Waals surface area contributed by atoms with Gasteiger partial charge in [0.25, 0.3) is 0 Å². The molecule has 1 saturated heterocycles. The Labute approximate surface area is 79.0 Å². The molecule has 1 aliphatic rings. The van der Waals surface area contributed by atoms with Gasteiger partial charge in [-0.1, -0.05) is 36.4 Å². The number of hydrogen-bond donors (Lipinski definition) is 0. The number of hydrogen-bond acceptors (Lipinski definition) is 1. The van der Waals surface area contributed by atoms with Crippen LogP contribution in [0.4, 0.5) is 0 Å². The lowest BCUT2D eigenvalue weighted by Gasteiger charge is -1.96. The van der Waals surface area contributed by atoms with Crippen molar-refractivity contribution in [1.82, 2.24) is 0 Å². The van der Waals surface area contributed by atoms with Crippen LogP contribution in [-0.4, -0.2) is 12.2 Å². The van der Waals surface area contributed by atoms with Crippen molar-refractivity contribution >= 4 is 0 Å². The SMILES string of the molecule is C=C[C@H]1O[C@H]1CCc1ccccc1. The summed E-state index contributed by atoms with van der Waals surface area (Å²) in [6.07, 6.45) is 4.85. The molecule has 1 aromatic rings. The van der Waals surface area contributed by atoms with Gasteiger partial charge in [0.2, 0.25) is 0 Å². The molecular weight excluding hydrogens is 160 g/mol. The van der Waals surface area contributed by atoms with Crippen LogP contribution >= 0.6 is 0 Å². The van der Waals surface area contributed by atoms with E-state index in [9.17, 15) is 0 Å². The van der Waals surface area contributed by atoms with Crippen molar-refractivity contribution in [1.29, 1.82) is 0 Å². The topological polar surface area (TPSA) is 12.5 Å². The zero-order valence-corrected chi connectivity index (χ0v) is 7.65. The fraction of sp³-hybridized carbons (Fsp3) is 0.333. The molecule has 0 spiro atoms.